The van der Waals surface area contributed by atoms with Crippen LogP contribution in [-0.2, 0) is 14.8 Å². The van der Waals surface area contributed by atoms with Crippen LogP contribution in [0.25, 0.3) is 0 Å². The molecule has 0 bridgehead atoms. The molecule has 1 aromatic heterocycles. The van der Waals surface area contributed by atoms with Gasteiger partial charge < -0.3 is 14.9 Å². The van der Waals surface area contributed by atoms with Crippen LogP contribution in [0.5, 0.6) is 5.75 Å². The van der Waals surface area contributed by atoms with Crippen molar-refractivity contribution in [2.75, 3.05) is 31.1 Å². The van der Waals surface area contributed by atoms with Gasteiger partial charge in [0.15, 0.2) is 0 Å². The van der Waals surface area contributed by atoms with Crippen LogP contribution in [0.4, 0.5) is 10.5 Å². The predicted molar refractivity (Wildman–Crippen MR) is 130 cm³/mol. The third-order valence-corrected chi connectivity index (χ3v) is 9.72. The maximum absolute atomic E-state index is 13.2. The molecule has 0 unspecified atom stereocenters. The van der Waals surface area contributed by atoms with Crippen LogP contribution in [0.15, 0.2) is 46.0 Å². The van der Waals surface area contributed by atoms with Gasteiger partial charge in [-0.15, -0.1) is 11.3 Å². The van der Waals surface area contributed by atoms with Crippen LogP contribution < -0.4 is 4.90 Å². The molecular formula is C23H30N4O5S2. The fourth-order valence-corrected chi connectivity index (χ4v) is 7.17. The summed E-state index contributed by atoms with van der Waals surface area (Å²) in [6.45, 7) is 8.08. The molecule has 0 saturated carbocycles. The zero-order chi connectivity index (χ0) is 24.8. The van der Waals surface area contributed by atoms with E-state index in [-0.39, 0.29) is 47.6 Å². The lowest BCUT2D eigenvalue weighted by molar-refractivity contribution is -0.132. The van der Waals surface area contributed by atoms with E-state index < -0.39 is 21.6 Å². The normalized spacial score (nSPS) is 21.7. The molecule has 0 radical (unpaired) electrons. The Morgan fingerprint density at radius 2 is 1.79 bits per heavy atom. The van der Waals surface area contributed by atoms with Crippen LogP contribution >= 0.6 is 11.3 Å². The van der Waals surface area contributed by atoms with Gasteiger partial charge in [0.25, 0.3) is 15.9 Å². The van der Waals surface area contributed by atoms with Gasteiger partial charge in [0, 0.05) is 37.9 Å². The molecule has 0 spiro atoms. The number of amides is 3. The highest BCUT2D eigenvalue weighted by Crippen LogP contribution is 2.33. The lowest BCUT2D eigenvalue weighted by atomic mass is 10.0. The lowest BCUT2D eigenvalue weighted by Gasteiger charge is -2.44. The Morgan fingerprint density at radius 1 is 1.12 bits per heavy atom. The van der Waals surface area contributed by atoms with Gasteiger partial charge in [0.05, 0.1) is 6.04 Å². The van der Waals surface area contributed by atoms with Crippen molar-refractivity contribution in [1.82, 2.24) is 14.1 Å². The van der Waals surface area contributed by atoms with Gasteiger partial charge in [-0.05, 0) is 63.4 Å². The van der Waals surface area contributed by atoms with Gasteiger partial charge in [-0.3, -0.25) is 9.69 Å². The van der Waals surface area contributed by atoms with Crippen molar-refractivity contribution in [3.63, 3.8) is 0 Å². The number of anilines is 1. The summed E-state index contributed by atoms with van der Waals surface area (Å²) in [6.07, 6.45) is 0. The number of urea groups is 1. The summed E-state index contributed by atoms with van der Waals surface area (Å²) in [5.74, 6) is -0.129. The second-order valence-electron chi connectivity index (χ2n) is 9.38. The van der Waals surface area contributed by atoms with E-state index in [0.717, 1.165) is 5.69 Å². The van der Waals surface area contributed by atoms with E-state index in [4.69, 9.17) is 0 Å². The van der Waals surface area contributed by atoms with Crippen LogP contribution in [0, 0.1) is 0 Å². The van der Waals surface area contributed by atoms with E-state index in [1.54, 1.807) is 74.4 Å². The molecule has 0 aliphatic carbocycles. The van der Waals surface area contributed by atoms with Gasteiger partial charge in [0.1, 0.15) is 15.5 Å². The molecule has 2 aliphatic rings. The van der Waals surface area contributed by atoms with E-state index in [2.05, 4.69) is 0 Å². The molecule has 4 rings (SSSR count). The van der Waals surface area contributed by atoms with Crippen LogP contribution in [0.3, 0.4) is 0 Å². The quantitative estimate of drug-likeness (QED) is 0.605. The fourth-order valence-electron chi connectivity index (χ4n) is 4.56. The minimum atomic E-state index is -3.67. The smallest absolute Gasteiger partial charge is 0.327 e. The first-order valence-electron chi connectivity index (χ1n) is 11.2. The minimum Gasteiger partial charge on any atom is -0.508 e. The number of carbonyl (C=O) groups is 2. The Labute approximate surface area is 204 Å². The number of sulfonamides is 1. The van der Waals surface area contributed by atoms with E-state index >= 15 is 0 Å². The lowest BCUT2D eigenvalue weighted by Crippen LogP contribution is -2.60. The molecule has 1 aromatic carbocycles. The number of carbonyl (C=O) groups excluding carboxylic acids is 2. The molecule has 2 aliphatic heterocycles. The summed E-state index contributed by atoms with van der Waals surface area (Å²) >= 11 is 1.17. The number of hydrogen-bond acceptors (Lipinski definition) is 7. The number of imide groups is 1. The highest BCUT2D eigenvalue weighted by atomic mass is 32.2. The molecule has 3 heterocycles. The van der Waals surface area contributed by atoms with Gasteiger partial charge in [-0.25, -0.2) is 13.2 Å². The Balaban J connectivity index is 1.67. The number of phenolic OH excluding ortho intramolecular Hbond substituents is 1. The molecule has 3 amide bonds. The minimum absolute atomic E-state index is 0.133. The summed E-state index contributed by atoms with van der Waals surface area (Å²) in [4.78, 5) is 31.1. The second-order valence-corrected chi connectivity index (χ2v) is 12.5. The molecule has 1 atom stereocenters. The maximum Gasteiger partial charge on any atom is 0.327 e. The Bertz CT molecular complexity index is 1160. The standard InChI is InChI=1S/C23H30N4O5S2/c1-16(2)27-21(29)23(3,4)26(22(27)30)15-18-14-24(34(31,32)20-6-5-13-33-20)11-12-25(18)17-7-9-19(28)10-8-17/h5-10,13,16,18,28H,11-12,14-15H2,1-4H3/t18-/m1/s1. The average molecular weight is 507 g/mol. The Morgan fingerprint density at radius 3 is 2.35 bits per heavy atom. The van der Waals surface area contributed by atoms with Gasteiger partial charge in [0.2, 0.25) is 0 Å². The number of aromatic hydroxyl groups is 1. The number of hydrogen-bond donors (Lipinski definition) is 1. The van der Waals surface area contributed by atoms with Gasteiger partial charge in [-0.2, -0.15) is 4.31 Å². The SMILES string of the molecule is CC(C)N1C(=O)N(C[C@H]2CN(S(=O)(=O)c3cccs3)CCN2c2ccc(O)cc2)C(C)(C)C1=O. The molecule has 1 N–H and O–H groups in total. The highest BCUT2D eigenvalue weighted by molar-refractivity contribution is 7.91. The molecule has 11 heteroatoms. The zero-order valence-electron chi connectivity index (χ0n) is 19.7. The van der Waals surface area contributed by atoms with E-state index in [1.165, 1.54) is 20.5 Å². The van der Waals surface area contributed by atoms with E-state index in [9.17, 15) is 23.1 Å². The Hall–Kier alpha value is -2.63. The van der Waals surface area contributed by atoms with Crippen molar-refractivity contribution in [2.24, 2.45) is 0 Å². The van der Waals surface area contributed by atoms with E-state index in [1.807, 2.05) is 4.90 Å². The Kier molecular flexibility index (Phi) is 6.38. The largest absolute Gasteiger partial charge is 0.508 e. The molecule has 9 nitrogen and oxygen atoms in total. The predicted octanol–water partition coefficient (Wildman–Crippen LogP) is 2.78. The maximum atomic E-state index is 13.2. The number of piperazine rings is 1. The third-order valence-electron chi connectivity index (χ3n) is 6.48. The van der Waals surface area contributed by atoms with E-state index in [0.29, 0.717) is 6.54 Å². The molecule has 2 aromatic rings. The number of nitrogens with zero attached hydrogens (tertiary/aromatic N) is 4. The molecule has 34 heavy (non-hydrogen) atoms. The molecule has 184 valence electrons. The first kappa shape index (κ1) is 24.5. The van der Waals surface area contributed by atoms with Crippen LogP contribution in [0.1, 0.15) is 27.7 Å². The molecular weight excluding hydrogens is 476 g/mol. The average Bonchev–Trinajstić information content (AvgIpc) is 3.38. The number of benzene rings is 1. The summed E-state index contributed by atoms with van der Waals surface area (Å²) in [5.41, 5.74) is -0.232. The zero-order valence-corrected chi connectivity index (χ0v) is 21.3. The monoisotopic (exact) mass is 506 g/mol. The van der Waals surface area contributed by atoms with Crippen LogP contribution in [0.2, 0.25) is 0 Å². The number of rotatable bonds is 6. The summed E-state index contributed by atoms with van der Waals surface area (Å²) in [6, 6.07) is 8.96. The first-order chi connectivity index (χ1) is 15.9. The highest BCUT2D eigenvalue weighted by Gasteiger charge is 2.53. The second kappa shape index (κ2) is 8.86. The fraction of sp³-hybridized carbons (Fsp3) is 0.478. The first-order valence-corrected chi connectivity index (χ1v) is 13.5. The molecule has 2 saturated heterocycles. The van der Waals surface area contributed by atoms with Crippen molar-refractivity contribution in [3.05, 3.63) is 41.8 Å². The summed E-state index contributed by atoms with van der Waals surface area (Å²) < 4.78 is 28.2. The summed E-state index contributed by atoms with van der Waals surface area (Å²) in [7, 11) is -3.67. The molecule has 2 fully saturated rings. The van der Waals surface area contributed by atoms with Crippen molar-refractivity contribution >= 4 is 39.0 Å². The third kappa shape index (κ3) is 4.16. The van der Waals surface area contributed by atoms with Crippen molar-refractivity contribution < 1.29 is 23.1 Å². The van der Waals surface area contributed by atoms with Gasteiger partial charge in [-0.1, -0.05) is 6.07 Å². The van der Waals surface area contributed by atoms with Gasteiger partial charge >= 0.3 is 6.03 Å². The number of thiophene rings is 1. The van der Waals surface area contributed by atoms with Crippen molar-refractivity contribution in [3.8, 4) is 5.75 Å². The van der Waals surface area contributed by atoms with Crippen molar-refractivity contribution in [2.45, 2.75) is 49.5 Å². The van der Waals surface area contributed by atoms with Crippen LogP contribution in [-0.4, -0.2) is 83.4 Å². The number of phenols is 1. The van der Waals surface area contributed by atoms with Crippen molar-refractivity contribution in [1.29, 1.82) is 0 Å². The summed E-state index contributed by atoms with van der Waals surface area (Å²) in [5, 5.41) is 11.4. The topological polar surface area (TPSA) is 101 Å².